The Morgan fingerprint density at radius 1 is 1.00 bits per heavy atom. The standard InChI is InChI=1S/C14H6Cl4N2OS/c15-6-1-2-9(17)8(3-6)13(21)20-14-19-12-10(18)4-7(16)5-11(12)22-14/h1-5H,(H,19,20,21). The molecule has 0 saturated heterocycles. The highest BCUT2D eigenvalue weighted by Crippen LogP contribution is 2.34. The van der Waals surface area contributed by atoms with Gasteiger partial charge in [0.15, 0.2) is 5.13 Å². The van der Waals surface area contributed by atoms with Gasteiger partial charge in [0, 0.05) is 10.0 Å². The smallest absolute Gasteiger partial charge is 0.259 e. The molecule has 0 radical (unpaired) electrons. The van der Waals surface area contributed by atoms with E-state index in [4.69, 9.17) is 46.4 Å². The normalized spacial score (nSPS) is 10.9. The Morgan fingerprint density at radius 2 is 1.77 bits per heavy atom. The monoisotopic (exact) mass is 390 g/mol. The molecule has 0 aliphatic heterocycles. The molecular weight excluding hydrogens is 386 g/mol. The summed E-state index contributed by atoms with van der Waals surface area (Å²) in [5, 5.41) is 4.76. The van der Waals surface area contributed by atoms with Crippen molar-refractivity contribution in [2.45, 2.75) is 0 Å². The number of fused-ring (bicyclic) bond motifs is 1. The zero-order chi connectivity index (χ0) is 15.9. The molecule has 2 aromatic carbocycles. The van der Waals surface area contributed by atoms with Gasteiger partial charge in [-0.25, -0.2) is 4.98 Å². The van der Waals surface area contributed by atoms with E-state index in [1.807, 2.05) is 0 Å². The Hall–Kier alpha value is -1.04. The van der Waals surface area contributed by atoms with Crippen LogP contribution >= 0.6 is 57.7 Å². The minimum Gasteiger partial charge on any atom is -0.298 e. The summed E-state index contributed by atoms with van der Waals surface area (Å²) < 4.78 is 0.782. The second-order valence-corrected chi connectivity index (χ2v) is 7.05. The number of aromatic nitrogens is 1. The summed E-state index contributed by atoms with van der Waals surface area (Å²) in [5.41, 5.74) is 0.862. The number of anilines is 1. The lowest BCUT2D eigenvalue weighted by molar-refractivity contribution is 0.102. The number of benzene rings is 2. The number of thiazole rings is 1. The Bertz CT molecular complexity index is 894. The van der Waals surface area contributed by atoms with Crippen LogP contribution in [0.25, 0.3) is 10.2 Å². The van der Waals surface area contributed by atoms with Gasteiger partial charge in [-0.2, -0.15) is 0 Å². The lowest BCUT2D eigenvalue weighted by Gasteiger charge is -2.04. The van der Waals surface area contributed by atoms with Gasteiger partial charge in [-0.15, -0.1) is 0 Å². The topological polar surface area (TPSA) is 42.0 Å². The third kappa shape index (κ3) is 3.16. The quantitative estimate of drug-likeness (QED) is 0.568. The lowest BCUT2D eigenvalue weighted by Crippen LogP contribution is -2.12. The van der Waals surface area contributed by atoms with Gasteiger partial charge in [-0.3, -0.25) is 10.1 Å². The fraction of sp³-hybridized carbons (Fsp3) is 0. The van der Waals surface area contributed by atoms with E-state index in [0.29, 0.717) is 30.7 Å². The molecule has 0 atom stereocenters. The van der Waals surface area contributed by atoms with Crippen LogP contribution in [0.3, 0.4) is 0 Å². The van der Waals surface area contributed by atoms with Crippen molar-refractivity contribution in [2.75, 3.05) is 5.32 Å². The van der Waals surface area contributed by atoms with Gasteiger partial charge in [0.05, 0.1) is 20.3 Å². The second kappa shape index (κ2) is 6.22. The number of nitrogens with zero attached hydrogens (tertiary/aromatic N) is 1. The van der Waals surface area contributed by atoms with Crippen molar-refractivity contribution in [1.82, 2.24) is 4.98 Å². The maximum absolute atomic E-state index is 12.3. The summed E-state index contributed by atoms with van der Waals surface area (Å²) in [6.45, 7) is 0. The first-order chi connectivity index (χ1) is 10.4. The molecule has 0 unspecified atom stereocenters. The van der Waals surface area contributed by atoms with E-state index in [2.05, 4.69) is 10.3 Å². The minimum atomic E-state index is -0.395. The van der Waals surface area contributed by atoms with E-state index in [-0.39, 0.29) is 5.56 Å². The lowest BCUT2D eigenvalue weighted by atomic mass is 10.2. The first-order valence-electron chi connectivity index (χ1n) is 5.96. The highest BCUT2D eigenvalue weighted by atomic mass is 35.5. The van der Waals surface area contributed by atoms with E-state index < -0.39 is 5.91 Å². The van der Waals surface area contributed by atoms with Crippen molar-refractivity contribution < 1.29 is 4.79 Å². The van der Waals surface area contributed by atoms with Gasteiger partial charge in [0.1, 0.15) is 5.52 Å². The average Bonchev–Trinajstić information content (AvgIpc) is 2.84. The average molecular weight is 392 g/mol. The molecule has 0 fully saturated rings. The summed E-state index contributed by atoms with van der Waals surface area (Å²) in [6, 6.07) is 8.01. The van der Waals surface area contributed by atoms with Gasteiger partial charge in [0.2, 0.25) is 0 Å². The third-order valence-corrected chi connectivity index (χ3v) is 4.80. The van der Waals surface area contributed by atoms with Gasteiger partial charge in [-0.05, 0) is 30.3 Å². The number of hydrogen-bond donors (Lipinski definition) is 1. The molecule has 112 valence electrons. The van der Waals surface area contributed by atoms with Gasteiger partial charge >= 0.3 is 0 Å². The summed E-state index contributed by atoms with van der Waals surface area (Å²) in [6.07, 6.45) is 0. The second-order valence-electron chi connectivity index (χ2n) is 4.33. The Morgan fingerprint density at radius 3 is 2.55 bits per heavy atom. The summed E-state index contributed by atoms with van der Waals surface area (Å²) >= 11 is 25.2. The van der Waals surface area contributed by atoms with Crippen molar-refractivity contribution in [3.05, 3.63) is 56.0 Å². The molecule has 3 aromatic rings. The molecule has 0 aliphatic rings. The summed E-state index contributed by atoms with van der Waals surface area (Å²) in [5.74, 6) is -0.395. The van der Waals surface area contributed by atoms with Crippen LogP contribution in [0.5, 0.6) is 0 Å². The SMILES string of the molecule is O=C(Nc1nc2c(Cl)cc(Cl)cc2s1)c1cc(Cl)ccc1Cl. The highest BCUT2D eigenvalue weighted by molar-refractivity contribution is 7.22. The number of hydrogen-bond acceptors (Lipinski definition) is 3. The van der Waals surface area contributed by atoms with Crippen LogP contribution in [0.2, 0.25) is 20.1 Å². The molecule has 8 heteroatoms. The molecule has 1 amide bonds. The minimum absolute atomic E-state index is 0.276. The number of rotatable bonds is 2. The molecule has 0 bridgehead atoms. The van der Waals surface area contributed by atoms with E-state index in [9.17, 15) is 4.79 Å². The van der Waals surface area contributed by atoms with Crippen molar-refractivity contribution in [3.8, 4) is 0 Å². The highest BCUT2D eigenvalue weighted by Gasteiger charge is 2.15. The fourth-order valence-corrected chi connectivity index (χ4v) is 3.81. The Balaban J connectivity index is 1.94. The van der Waals surface area contributed by atoms with Crippen molar-refractivity contribution >= 4 is 79.0 Å². The van der Waals surface area contributed by atoms with Gasteiger partial charge < -0.3 is 0 Å². The van der Waals surface area contributed by atoms with Crippen LogP contribution in [0.1, 0.15) is 10.4 Å². The molecular formula is C14H6Cl4N2OS. The maximum atomic E-state index is 12.3. The molecule has 0 spiro atoms. The first kappa shape index (κ1) is 15.8. The Labute approximate surface area is 149 Å². The molecule has 0 saturated carbocycles. The van der Waals surface area contributed by atoms with E-state index in [1.165, 1.54) is 17.4 Å². The molecule has 3 nitrogen and oxygen atoms in total. The van der Waals surface area contributed by atoms with Crippen LogP contribution in [0.15, 0.2) is 30.3 Å². The molecule has 1 N–H and O–H groups in total. The van der Waals surface area contributed by atoms with Crippen LogP contribution in [-0.2, 0) is 0 Å². The molecule has 3 rings (SSSR count). The van der Waals surface area contributed by atoms with Crippen LogP contribution in [0.4, 0.5) is 5.13 Å². The molecule has 22 heavy (non-hydrogen) atoms. The maximum Gasteiger partial charge on any atom is 0.259 e. The Kier molecular flexibility index (Phi) is 4.48. The van der Waals surface area contributed by atoms with E-state index >= 15 is 0 Å². The van der Waals surface area contributed by atoms with Gasteiger partial charge in [0.25, 0.3) is 5.91 Å². The van der Waals surface area contributed by atoms with Crippen LogP contribution in [0, 0.1) is 0 Å². The predicted octanol–water partition coefficient (Wildman–Crippen LogP) is 6.16. The van der Waals surface area contributed by atoms with Crippen LogP contribution < -0.4 is 5.32 Å². The van der Waals surface area contributed by atoms with E-state index in [0.717, 1.165) is 4.70 Å². The largest absolute Gasteiger partial charge is 0.298 e. The zero-order valence-corrected chi connectivity index (χ0v) is 14.5. The number of carbonyl (C=O) groups is 1. The van der Waals surface area contributed by atoms with Gasteiger partial charge in [-0.1, -0.05) is 57.7 Å². The summed E-state index contributed by atoms with van der Waals surface area (Å²) in [7, 11) is 0. The van der Waals surface area contributed by atoms with Crippen molar-refractivity contribution in [1.29, 1.82) is 0 Å². The van der Waals surface area contributed by atoms with Crippen molar-refractivity contribution in [2.24, 2.45) is 0 Å². The fourth-order valence-electron chi connectivity index (χ4n) is 1.85. The third-order valence-electron chi connectivity index (χ3n) is 2.81. The number of amides is 1. The molecule has 0 aliphatic carbocycles. The predicted molar refractivity (Wildman–Crippen MR) is 94.1 cm³/mol. The summed E-state index contributed by atoms with van der Waals surface area (Å²) in [4.78, 5) is 16.6. The number of halogens is 4. The molecule has 1 aromatic heterocycles. The first-order valence-corrected chi connectivity index (χ1v) is 8.29. The number of nitrogens with one attached hydrogen (secondary N) is 1. The van der Waals surface area contributed by atoms with Crippen LogP contribution in [-0.4, -0.2) is 10.9 Å². The van der Waals surface area contributed by atoms with E-state index in [1.54, 1.807) is 24.3 Å². The zero-order valence-electron chi connectivity index (χ0n) is 10.7. The van der Waals surface area contributed by atoms with Crippen molar-refractivity contribution in [3.63, 3.8) is 0 Å². The number of carbonyl (C=O) groups excluding carboxylic acids is 1. The molecule has 1 heterocycles.